The first-order valence-electron chi connectivity index (χ1n) is 7.81. The largest absolute Gasteiger partial charge is 0.480 e. The summed E-state index contributed by atoms with van der Waals surface area (Å²) >= 11 is 0. The number of hydrogen-bond donors (Lipinski definition) is 4. The molecule has 2 heterocycles. The highest BCUT2D eigenvalue weighted by atomic mass is 16.4. The molecule has 4 N–H and O–H groups in total. The van der Waals surface area contributed by atoms with E-state index in [0.29, 0.717) is 5.31 Å². The second kappa shape index (κ2) is 6.12. The van der Waals surface area contributed by atoms with Gasteiger partial charge >= 0.3 is 5.97 Å². The molecule has 120 valence electrons. The van der Waals surface area contributed by atoms with Crippen molar-refractivity contribution >= 4 is 28.7 Å². The number of hydrogen-bond acceptors (Lipinski definition) is 3. The number of aromatic amines is 1. The number of fused-ring (bicyclic) bond motifs is 1. The maximum absolute atomic E-state index is 12.2. The first-order chi connectivity index (χ1) is 11.5. The number of H-pyrrole nitrogens is 1. The molecule has 23 heavy (non-hydrogen) atoms. The van der Waals surface area contributed by atoms with Crippen LogP contribution in [-0.4, -0.2) is 40.0 Å². The van der Waals surface area contributed by atoms with E-state index in [2.05, 4.69) is 10.3 Å². The SMILES string of the molecule is [2H]N1C(=O)CC[C@@H]1C(=O)N[C@@H](Cc1c[nH]c2ccccc12)C(=O)O. The number of para-hydroxylation sites is 1. The maximum atomic E-state index is 12.2. The monoisotopic (exact) mass is 316 g/mol. The van der Waals surface area contributed by atoms with Crippen molar-refractivity contribution in [3.63, 3.8) is 0 Å². The fraction of sp³-hybridized carbons (Fsp3) is 0.312. The third-order valence-electron chi connectivity index (χ3n) is 3.95. The van der Waals surface area contributed by atoms with Gasteiger partial charge in [-0.15, -0.1) is 0 Å². The molecule has 7 nitrogen and oxygen atoms in total. The highest BCUT2D eigenvalue weighted by Gasteiger charge is 2.30. The zero-order valence-corrected chi connectivity index (χ0v) is 12.3. The standard InChI is InChI=1S/C16H17N3O4/c20-14-6-5-12(18-14)15(21)19-13(16(22)23)7-9-8-17-11-4-2-1-3-10(9)11/h1-4,8,12-13,17H,5-7H2,(H,18,20)(H,19,21)(H,22,23)/t12-,13+/m1/s1/i/hD. The lowest BCUT2D eigenvalue weighted by molar-refractivity contribution is -0.142. The summed E-state index contributed by atoms with van der Waals surface area (Å²) in [4.78, 5) is 38.1. The molecule has 2 aromatic rings. The van der Waals surface area contributed by atoms with Gasteiger partial charge in [0.25, 0.3) is 0 Å². The topological polar surface area (TPSA) is 111 Å². The van der Waals surface area contributed by atoms with E-state index in [1.165, 1.54) is 0 Å². The van der Waals surface area contributed by atoms with Crippen LogP contribution in [0.15, 0.2) is 30.5 Å². The quantitative estimate of drug-likeness (QED) is 0.646. The highest BCUT2D eigenvalue weighted by molar-refractivity contribution is 5.93. The molecule has 7 heteroatoms. The molecule has 2 atom stereocenters. The van der Waals surface area contributed by atoms with Crippen LogP contribution in [0.4, 0.5) is 0 Å². The Bertz CT molecular complexity index is 803. The summed E-state index contributed by atoms with van der Waals surface area (Å²) in [5.41, 5.74) is 1.67. The maximum Gasteiger partial charge on any atom is 0.326 e. The summed E-state index contributed by atoms with van der Waals surface area (Å²) in [6.45, 7) is 0. The van der Waals surface area contributed by atoms with Gasteiger partial charge in [0.05, 0.1) is 0 Å². The van der Waals surface area contributed by atoms with Gasteiger partial charge in [-0.2, -0.15) is 0 Å². The second-order valence-electron chi connectivity index (χ2n) is 5.54. The zero-order valence-electron chi connectivity index (χ0n) is 13.3. The lowest BCUT2D eigenvalue weighted by atomic mass is 10.0. The molecule has 3 rings (SSSR count). The van der Waals surface area contributed by atoms with E-state index < -0.39 is 29.9 Å². The lowest BCUT2D eigenvalue weighted by Gasteiger charge is -2.17. The van der Waals surface area contributed by atoms with Gasteiger partial charge in [-0.3, -0.25) is 9.59 Å². The summed E-state index contributed by atoms with van der Waals surface area (Å²) < 4.78 is 7.55. The average molecular weight is 316 g/mol. The number of aliphatic carboxylic acids is 1. The molecule has 2 amide bonds. The van der Waals surface area contributed by atoms with E-state index in [9.17, 15) is 19.5 Å². The first kappa shape index (κ1) is 13.8. The van der Waals surface area contributed by atoms with Crippen molar-refractivity contribution in [1.29, 1.82) is 0 Å². The first-order valence-corrected chi connectivity index (χ1v) is 7.36. The molecular weight excluding hydrogens is 298 g/mol. The minimum absolute atomic E-state index is 0.115. The molecule has 1 aromatic carbocycles. The van der Waals surface area contributed by atoms with Crippen LogP contribution in [-0.2, 0) is 20.8 Å². The summed E-state index contributed by atoms with van der Waals surface area (Å²) in [5.74, 6) is -2.20. The number of rotatable bonds is 5. The number of carbonyl (C=O) groups is 3. The van der Waals surface area contributed by atoms with Crippen LogP contribution in [0, 0.1) is 0 Å². The van der Waals surface area contributed by atoms with Crippen LogP contribution in [0.3, 0.4) is 0 Å². The Labute approximate surface area is 133 Å². The van der Waals surface area contributed by atoms with Gasteiger partial charge in [0.1, 0.15) is 12.1 Å². The Hall–Kier alpha value is -2.83. The van der Waals surface area contributed by atoms with Gasteiger partial charge in [-0.05, 0) is 18.1 Å². The molecule has 1 saturated heterocycles. The van der Waals surface area contributed by atoms with E-state index in [4.69, 9.17) is 1.41 Å². The van der Waals surface area contributed by atoms with Crippen molar-refractivity contribution in [1.82, 2.24) is 15.6 Å². The normalized spacial score (nSPS) is 19.7. The van der Waals surface area contributed by atoms with Crippen molar-refractivity contribution < 1.29 is 20.9 Å². The van der Waals surface area contributed by atoms with Crippen LogP contribution in [0.2, 0.25) is 1.41 Å². The number of amides is 2. The van der Waals surface area contributed by atoms with Crippen LogP contribution in [0.25, 0.3) is 10.9 Å². The van der Waals surface area contributed by atoms with Gasteiger partial charge in [-0.25, -0.2) is 4.79 Å². The molecule has 1 aromatic heterocycles. The predicted molar refractivity (Wildman–Crippen MR) is 82.7 cm³/mol. The Morgan fingerprint density at radius 2 is 2.22 bits per heavy atom. The Kier molecular flexibility index (Phi) is 3.67. The lowest BCUT2D eigenvalue weighted by Crippen LogP contribution is -2.49. The van der Waals surface area contributed by atoms with Gasteiger partial charge in [0.2, 0.25) is 11.8 Å². The zero-order chi connectivity index (χ0) is 17.3. The molecule has 0 radical (unpaired) electrons. The number of carbonyl (C=O) groups excluding carboxylic acids is 2. The minimum atomic E-state index is -1.16. The molecule has 1 aliphatic rings. The van der Waals surface area contributed by atoms with Crippen molar-refractivity contribution in [2.24, 2.45) is 0 Å². The summed E-state index contributed by atoms with van der Waals surface area (Å²) in [6.07, 6.45) is 2.20. The Balaban J connectivity index is 1.75. The highest BCUT2D eigenvalue weighted by Crippen LogP contribution is 2.19. The summed E-state index contributed by atoms with van der Waals surface area (Å²) in [7, 11) is 0. The van der Waals surface area contributed by atoms with Crippen LogP contribution in [0.1, 0.15) is 18.4 Å². The Morgan fingerprint density at radius 3 is 2.91 bits per heavy atom. The van der Waals surface area contributed by atoms with Gasteiger partial charge in [0, 0.05) is 29.9 Å². The molecular formula is C16H17N3O4. The van der Waals surface area contributed by atoms with E-state index in [0.717, 1.165) is 16.5 Å². The van der Waals surface area contributed by atoms with E-state index in [1.807, 2.05) is 24.3 Å². The second-order valence-corrected chi connectivity index (χ2v) is 5.54. The third kappa shape index (κ3) is 3.18. The van der Waals surface area contributed by atoms with Gasteiger partial charge in [0.15, 0.2) is 1.41 Å². The number of benzene rings is 1. The van der Waals surface area contributed by atoms with Crippen molar-refractivity contribution in [2.45, 2.75) is 31.3 Å². The van der Waals surface area contributed by atoms with Crippen molar-refractivity contribution in [3.8, 4) is 0 Å². The van der Waals surface area contributed by atoms with Crippen LogP contribution in [0.5, 0.6) is 0 Å². The molecule has 1 aliphatic heterocycles. The fourth-order valence-corrected chi connectivity index (χ4v) is 2.74. The number of aromatic nitrogens is 1. The summed E-state index contributed by atoms with van der Waals surface area (Å²) in [5, 5.41) is 13.4. The van der Waals surface area contributed by atoms with E-state index in [1.54, 1.807) is 6.20 Å². The van der Waals surface area contributed by atoms with Crippen molar-refractivity contribution in [3.05, 3.63) is 36.0 Å². The van der Waals surface area contributed by atoms with Crippen LogP contribution < -0.4 is 10.6 Å². The molecule has 0 bridgehead atoms. The fourth-order valence-electron chi connectivity index (χ4n) is 2.74. The van der Waals surface area contributed by atoms with Crippen molar-refractivity contribution in [2.75, 3.05) is 0 Å². The van der Waals surface area contributed by atoms with E-state index >= 15 is 0 Å². The molecule has 1 fully saturated rings. The number of carboxylic acids is 1. The number of carboxylic acid groups (broad SMARTS) is 1. The van der Waals surface area contributed by atoms with Gasteiger partial charge in [-0.1, -0.05) is 18.2 Å². The van der Waals surface area contributed by atoms with Gasteiger partial charge < -0.3 is 20.7 Å². The molecule has 0 unspecified atom stereocenters. The average Bonchev–Trinajstić information content (AvgIpc) is 3.11. The minimum Gasteiger partial charge on any atom is -0.480 e. The summed E-state index contributed by atoms with van der Waals surface area (Å²) in [6, 6.07) is 5.44. The molecule has 0 aliphatic carbocycles. The Morgan fingerprint density at radius 1 is 1.43 bits per heavy atom. The van der Waals surface area contributed by atoms with E-state index in [-0.39, 0.29) is 19.3 Å². The van der Waals surface area contributed by atoms with Crippen LogP contribution >= 0.6 is 0 Å². The molecule has 0 spiro atoms. The predicted octanol–water partition coefficient (Wildman–Crippen LogP) is 0.558. The molecule has 0 saturated carbocycles. The smallest absolute Gasteiger partial charge is 0.326 e. The number of nitrogens with one attached hydrogen (secondary N) is 3. The third-order valence-corrected chi connectivity index (χ3v) is 3.95.